The number of carbonyl (C=O) groups excluding carboxylic acids is 1. The van der Waals surface area contributed by atoms with Crippen LogP contribution in [-0.2, 0) is 11.3 Å². The third kappa shape index (κ3) is 5.25. The van der Waals surface area contributed by atoms with E-state index in [4.69, 9.17) is 11.6 Å². The van der Waals surface area contributed by atoms with E-state index in [0.717, 1.165) is 16.8 Å². The van der Waals surface area contributed by atoms with Gasteiger partial charge in [0, 0.05) is 37.4 Å². The lowest BCUT2D eigenvalue weighted by molar-refractivity contribution is -0.120. The van der Waals surface area contributed by atoms with Gasteiger partial charge in [0.1, 0.15) is 0 Å². The molecule has 0 bridgehead atoms. The summed E-state index contributed by atoms with van der Waals surface area (Å²) in [5.74, 6) is -0.0365. The molecule has 2 rings (SSSR count). The van der Waals surface area contributed by atoms with Crippen molar-refractivity contribution in [1.82, 2.24) is 10.6 Å². The van der Waals surface area contributed by atoms with Gasteiger partial charge in [0.05, 0.1) is 6.54 Å². The van der Waals surface area contributed by atoms with Crippen LogP contribution in [0, 0.1) is 0 Å². The highest BCUT2D eigenvalue weighted by molar-refractivity contribution is 6.31. The zero-order valence-corrected chi connectivity index (χ0v) is 15.1. The first kappa shape index (κ1) is 18.3. The van der Waals surface area contributed by atoms with Crippen LogP contribution in [0.5, 0.6) is 0 Å². The van der Waals surface area contributed by atoms with Gasteiger partial charge in [-0.25, -0.2) is 0 Å². The maximum Gasteiger partial charge on any atom is 0.234 e. The minimum Gasteiger partial charge on any atom is -0.378 e. The van der Waals surface area contributed by atoms with Crippen molar-refractivity contribution in [3.63, 3.8) is 0 Å². The van der Waals surface area contributed by atoms with Gasteiger partial charge in [-0.1, -0.05) is 41.9 Å². The van der Waals surface area contributed by atoms with E-state index in [-0.39, 0.29) is 18.5 Å². The molecular formula is C19H24ClN3O. The number of nitrogens with zero attached hydrogens (tertiary/aromatic N) is 1. The van der Waals surface area contributed by atoms with E-state index in [1.54, 1.807) is 0 Å². The maximum atomic E-state index is 12.0. The molecule has 2 aromatic carbocycles. The Bertz CT molecular complexity index is 671. The molecule has 2 aromatic rings. The van der Waals surface area contributed by atoms with Crippen molar-refractivity contribution in [3.05, 3.63) is 64.7 Å². The van der Waals surface area contributed by atoms with E-state index in [0.29, 0.717) is 11.6 Å². The second-order valence-electron chi connectivity index (χ2n) is 5.96. The van der Waals surface area contributed by atoms with Gasteiger partial charge in [0.25, 0.3) is 0 Å². The van der Waals surface area contributed by atoms with E-state index in [1.807, 2.05) is 74.4 Å². The van der Waals surface area contributed by atoms with Crippen LogP contribution < -0.4 is 15.5 Å². The molecule has 0 radical (unpaired) electrons. The fraction of sp³-hybridized carbons (Fsp3) is 0.316. The number of anilines is 1. The van der Waals surface area contributed by atoms with Gasteiger partial charge in [0.2, 0.25) is 5.91 Å². The van der Waals surface area contributed by atoms with Crippen molar-refractivity contribution in [2.45, 2.75) is 19.5 Å². The topological polar surface area (TPSA) is 44.4 Å². The molecule has 24 heavy (non-hydrogen) atoms. The Morgan fingerprint density at radius 1 is 1.12 bits per heavy atom. The molecule has 5 heteroatoms. The van der Waals surface area contributed by atoms with Crippen LogP contribution in [0.25, 0.3) is 0 Å². The number of amides is 1. The van der Waals surface area contributed by atoms with E-state index in [2.05, 4.69) is 10.6 Å². The lowest BCUT2D eigenvalue weighted by Crippen LogP contribution is -2.34. The van der Waals surface area contributed by atoms with E-state index >= 15 is 0 Å². The average Bonchev–Trinajstić information content (AvgIpc) is 2.58. The molecule has 0 aliphatic carbocycles. The molecule has 0 aliphatic heterocycles. The number of rotatable bonds is 7. The number of benzene rings is 2. The van der Waals surface area contributed by atoms with Crippen LogP contribution in [0.3, 0.4) is 0 Å². The first-order valence-corrected chi connectivity index (χ1v) is 8.36. The summed E-state index contributed by atoms with van der Waals surface area (Å²) in [6.45, 7) is 2.77. The lowest BCUT2D eigenvalue weighted by atomic mass is 10.1. The minimum atomic E-state index is -0.0365. The Morgan fingerprint density at radius 3 is 2.42 bits per heavy atom. The molecule has 0 saturated carbocycles. The Balaban J connectivity index is 1.78. The quantitative estimate of drug-likeness (QED) is 0.808. The summed E-state index contributed by atoms with van der Waals surface area (Å²) in [5.41, 5.74) is 3.21. The minimum absolute atomic E-state index is 0.0174. The Labute approximate surface area is 148 Å². The van der Waals surface area contributed by atoms with Gasteiger partial charge in [-0.2, -0.15) is 0 Å². The zero-order chi connectivity index (χ0) is 17.5. The monoisotopic (exact) mass is 345 g/mol. The summed E-state index contributed by atoms with van der Waals surface area (Å²) in [6, 6.07) is 15.8. The molecule has 1 amide bonds. The Hall–Kier alpha value is -2.04. The molecule has 0 fully saturated rings. The number of nitrogens with one attached hydrogen (secondary N) is 2. The molecule has 0 aliphatic rings. The lowest BCUT2D eigenvalue weighted by Gasteiger charge is -2.16. The van der Waals surface area contributed by atoms with Crippen LogP contribution in [0.4, 0.5) is 5.69 Å². The Morgan fingerprint density at radius 2 is 1.79 bits per heavy atom. The van der Waals surface area contributed by atoms with Crippen LogP contribution >= 0.6 is 11.6 Å². The summed E-state index contributed by atoms with van der Waals surface area (Å²) in [6.07, 6.45) is 0. The molecule has 2 N–H and O–H groups in total. The fourth-order valence-electron chi connectivity index (χ4n) is 2.36. The third-order valence-electron chi connectivity index (χ3n) is 3.88. The van der Waals surface area contributed by atoms with Crippen LogP contribution in [0.15, 0.2) is 48.5 Å². The highest BCUT2D eigenvalue weighted by atomic mass is 35.5. The zero-order valence-electron chi connectivity index (χ0n) is 14.3. The first-order valence-electron chi connectivity index (χ1n) is 7.98. The van der Waals surface area contributed by atoms with Gasteiger partial charge >= 0.3 is 0 Å². The number of hydrogen-bond donors (Lipinski definition) is 2. The largest absolute Gasteiger partial charge is 0.378 e. The maximum absolute atomic E-state index is 12.0. The highest BCUT2D eigenvalue weighted by Gasteiger charge is 2.10. The van der Waals surface area contributed by atoms with Crippen molar-refractivity contribution in [2.75, 3.05) is 25.5 Å². The molecule has 0 aromatic heterocycles. The SMILES string of the molecule is C[C@@H](NCC(=O)NCc1ccc(N(C)C)cc1)c1ccccc1Cl. The second kappa shape index (κ2) is 8.71. The van der Waals surface area contributed by atoms with E-state index in [1.165, 1.54) is 0 Å². The number of hydrogen-bond acceptors (Lipinski definition) is 3. The molecule has 0 saturated heterocycles. The molecular weight excluding hydrogens is 322 g/mol. The molecule has 0 heterocycles. The van der Waals surface area contributed by atoms with Crippen LogP contribution in [-0.4, -0.2) is 26.5 Å². The normalized spacial score (nSPS) is 11.8. The fourth-order valence-corrected chi connectivity index (χ4v) is 2.66. The van der Waals surface area contributed by atoms with Crippen LogP contribution in [0.2, 0.25) is 5.02 Å². The van der Waals surface area contributed by atoms with Gasteiger partial charge in [-0.15, -0.1) is 0 Å². The summed E-state index contributed by atoms with van der Waals surface area (Å²) in [5, 5.41) is 6.83. The Kier molecular flexibility index (Phi) is 6.64. The van der Waals surface area contributed by atoms with Gasteiger partial charge < -0.3 is 15.5 Å². The van der Waals surface area contributed by atoms with Gasteiger partial charge in [0.15, 0.2) is 0 Å². The summed E-state index contributed by atoms with van der Waals surface area (Å²) >= 11 is 6.17. The van der Waals surface area contributed by atoms with Crippen molar-refractivity contribution < 1.29 is 4.79 Å². The van der Waals surface area contributed by atoms with E-state index < -0.39 is 0 Å². The number of carbonyl (C=O) groups is 1. The van der Waals surface area contributed by atoms with Crippen molar-refractivity contribution >= 4 is 23.2 Å². The van der Waals surface area contributed by atoms with Crippen molar-refractivity contribution in [2.24, 2.45) is 0 Å². The molecule has 128 valence electrons. The van der Waals surface area contributed by atoms with Crippen molar-refractivity contribution in [3.8, 4) is 0 Å². The predicted molar refractivity (Wildman–Crippen MR) is 100 cm³/mol. The number of halogens is 1. The summed E-state index contributed by atoms with van der Waals surface area (Å²) in [4.78, 5) is 14.0. The average molecular weight is 346 g/mol. The molecule has 0 unspecified atom stereocenters. The first-order chi connectivity index (χ1) is 11.5. The summed E-state index contributed by atoms with van der Waals surface area (Å²) in [7, 11) is 4.01. The second-order valence-corrected chi connectivity index (χ2v) is 6.37. The third-order valence-corrected chi connectivity index (χ3v) is 4.23. The highest BCUT2D eigenvalue weighted by Crippen LogP contribution is 2.21. The molecule has 0 spiro atoms. The predicted octanol–water partition coefficient (Wildman–Crippen LogP) is 3.37. The van der Waals surface area contributed by atoms with Crippen LogP contribution in [0.1, 0.15) is 24.1 Å². The van der Waals surface area contributed by atoms with Gasteiger partial charge in [-0.3, -0.25) is 4.79 Å². The molecule has 4 nitrogen and oxygen atoms in total. The summed E-state index contributed by atoms with van der Waals surface area (Å²) < 4.78 is 0. The van der Waals surface area contributed by atoms with E-state index in [9.17, 15) is 4.79 Å². The standard InChI is InChI=1S/C19H24ClN3O/c1-14(17-6-4-5-7-18(17)20)21-13-19(24)22-12-15-8-10-16(11-9-15)23(2)3/h4-11,14,21H,12-13H2,1-3H3,(H,22,24)/t14-/m1/s1. The van der Waals surface area contributed by atoms with Gasteiger partial charge in [-0.05, 0) is 36.2 Å². The smallest absolute Gasteiger partial charge is 0.234 e. The molecule has 1 atom stereocenters. The van der Waals surface area contributed by atoms with Crippen molar-refractivity contribution in [1.29, 1.82) is 0 Å².